The third-order valence-electron chi connectivity index (χ3n) is 2.11. The highest BCUT2D eigenvalue weighted by molar-refractivity contribution is 7.85. The minimum absolute atomic E-state index is 0.265. The summed E-state index contributed by atoms with van der Waals surface area (Å²) in [6, 6.07) is 0. The number of ether oxygens (including phenoxy) is 1. The van der Waals surface area contributed by atoms with Gasteiger partial charge in [0, 0.05) is 12.4 Å². The minimum Gasteiger partial charge on any atom is -0.748 e. The summed E-state index contributed by atoms with van der Waals surface area (Å²) in [6.45, 7) is 1.65. The molecule has 0 saturated carbocycles. The molecule has 0 spiro atoms. The first-order valence-corrected chi connectivity index (χ1v) is 6.67. The number of nitrogens with one attached hydrogen (secondary N) is 1. The third kappa shape index (κ3) is 5.96. The van der Waals surface area contributed by atoms with Gasteiger partial charge in [0.25, 0.3) is 0 Å². The largest absolute Gasteiger partial charge is 0.748 e. The van der Waals surface area contributed by atoms with Crippen molar-refractivity contribution in [3.8, 4) is 0 Å². The number of quaternary nitrogens is 1. The molecule has 1 heterocycles. The van der Waals surface area contributed by atoms with E-state index in [9.17, 15) is 13.0 Å². The first-order valence-electron chi connectivity index (χ1n) is 5.09. The number of rotatable bonds is 7. The van der Waals surface area contributed by atoms with Crippen molar-refractivity contribution in [1.82, 2.24) is 0 Å². The standard InChI is InChI=1S/C9H16N2O4S/c1-10-3-4-11(9-10)5-7-15-6-2-8-16(12,13)14/h3-4,9H,2,5-8H2,1H3/p+1. The van der Waals surface area contributed by atoms with Crippen LogP contribution < -0.4 is 4.90 Å². The fourth-order valence-electron chi connectivity index (χ4n) is 1.34. The van der Waals surface area contributed by atoms with Crippen LogP contribution in [0.1, 0.15) is 6.42 Å². The van der Waals surface area contributed by atoms with Gasteiger partial charge in [-0.2, -0.15) is 4.58 Å². The lowest BCUT2D eigenvalue weighted by atomic mass is 10.5. The van der Waals surface area contributed by atoms with Gasteiger partial charge in [-0.1, -0.05) is 0 Å². The molecule has 0 aromatic heterocycles. The van der Waals surface area contributed by atoms with Crippen molar-refractivity contribution in [1.29, 1.82) is 0 Å². The maximum Gasteiger partial charge on any atom is 0.335 e. The topological polar surface area (TPSA) is 73.9 Å². The zero-order chi connectivity index (χ0) is 12.0. The molecule has 1 rings (SSSR count). The molecule has 0 amide bonds. The van der Waals surface area contributed by atoms with Crippen LogP contribution in [-0.4, -0.2) is 56.4 Å². The quantitative estimate of drug-likeness (QED) is 0.321. The van der Waals surface area contributed by atoms with Gasteiger partial charge in [-0.05, 0) is 6.42 Å². The van der Waals surface area contributed by atoms with E-state index in [0.29, 0.717) is 13.2 Å². The van der Waals surface area contributed by atoms with Crippen molar-refractivity contribution in [3.63, 3.8) is 0 Å². The van der Waals surface area contributed by atoms with E-state index in [0.717, 1.165) is 6.54 Å². The highest BCUT2D eigenvalue weighted by Gasteiger charge is 2.13. The van der Waals surface area contributed by atoms with Crippen LogP contribution in [0, 0.1) is 0 Å². The molecule has 92 valence electrons. The first kappa shape index (κ1) is 13.3. The highest BCUT2D eigenvalue weighted by atomic mass is 32.2. The van der Waals surface area contributed by atoms with Gasteiger partial charge in [-0.3, -0.25) is 0 Å². The minimum atomic E-state index is -4.09. The van der Waals surface area contributed by atoms with Crippen LogP contribution in [-0.2, 0) is 14.9 Å². The van der Waals surface area contributed by atoms with E-state index in [2.05, 4.69) is 0 Å². The molecule has 1 aliphatic heterocycles. The van der Waals surface area contributed by atoms with Crippen LogP contribution in [0.4, 0.5) is 0 Å². The second-order valence-corrected chi connectivity index (χ2v) is 5.19. The van der Waals surface area contributed by atoms with E-state index in [1.807, 2.05) is 30.4 Å². The summed E-state index contributed by atoms with van der Waals surface area (Å²) in [4.78, 5) is 1.18. The van der Waals surface area contributed by atoms with E-state index < -0.39 is 10.1 Å². The van der Waals surface area contributed by atoms with Gasteiger partial charge >= 0.3 is 6.34 Å². The molecular formula is C9H17N2O4S+. The van der Waals surface area contributed by atoms with E-state index in [1.165, 1.54) is 4.90 Å². The number of hydrogen-bond acceptors (Lipinski definition) is 4. The fraction of sp³-hybridized carbons (Fsp3) is 0.667. The summed E-state index contributed by atoms with van der Waals surface area (Å²) in [7, 11) is -2.15. The summed E-state index contributed by atoms with van der Waals surface area (Å²) < 4.78 is 38.0. The first-order chi connectivity index (χ1) is 7.47. The van der Waals surface area contributed by atoms with Gasteiger partial charge in [0.15, 0.2) is 6.20 Å². The molecule has 0 aliphatic carbocycles. The van der Waals surface area contributed by atoms with Crippen molar-refractivity contribution < 1.29 is 27.2 Å². The van der Waals surface area contributed by atoms with E-state index in [4.69, 9.17) is 4.74 Å². The van der Waals surface area contributed by atoms with Crippen LogP contribution in [0.2, 0.25) is 0 Å². The Labute approximate surface area is 95.6 Å². The molecule has 0 saturated heterocycles. The molecule has 0 aromatic rings. The Hall–Kier alpha value is -0.760. The van der Waals surface area contributed by atoms with Crippen molar-refractivity contribution in [2.45, 2.75) is 6.42 Å². The molecule has 1 N–H and O–H groups in total. The van der Waals surface area contributed by atoms with E-state index in [-0.39, 0.29) is 12.2 Å². The molecule has 0 bridgehead atoms. The summed E-state index contributed by atoms with van der Waals surface area (Å²) in [5.74, 6) is -0.349. The fourth-order valence-corrected chi connectivity index (χ4v) is 1.81. The summed E-state index contributed by atoms with van der Waals surface area (Å²) in [5, 5.41) is 0. The SMILES string of the molecule is C[N+]1=C[NH+](CCOCCCS(=O)(=O)[O-])C=C1. The molecule has 0 aromatic carbocycles. The van der Waals surface area contributed by atoms with Crippen molar-refractivity contribution in [2.75, 3.05) is 32.6 Å². The van der Waals surface area contributed by atoms with Crippen molar-refractivity contribution in [3.05, 3.63) is 12.4 Å². The van der Waals surface area contributed by atoms with Crippen LogP contribution >= 0.6 is 0 Å². The lowest BCUT2D eigenvalue weighted by molar-refractivity contribution is -0.749. The third-order valence-corrected chi connectivity index (χ3v) is 2.90. The Kier molecular flexibility index (Phi) is 5.07. The van der Waals surface area contributed by atoms with Crippen molar-refractivity contribution in [2.24, 2.45) is 0 Å². The average Bonchev–Trinajstić information content (AvgIpc) is 2.56. The Morgan fingerprint density at radius 2 is 2.19 bits per heavy atom. The maximum atomic E-state index is 10.3. The van der Waals surface area contributed by atoms with Crippen LogP contribution in [0.5, 0.6) is 0 Å². The van der Waals surface area contributed by atoms with Gasteiger partial charge in [0.05, 0.1) is 16.7 Å². The van der Waals surface area contributed by atoms with E-state index >= 15 is 0 Å². The van der Waals surface area contributed by atoms with Gasteiger partial charge in [-0.15, -0.1) is 0 Å². The van der Waals surface area contributed by atoms with Gasteiger partial charge < -0.3 is 9.29 Å². The van der Waals surface area contributed by atoms with Crippen molar-refractivity contribution >= 4 is 16.5 Å². The Morgan fingerprint density at radius 1 is 1.44 bits per heavy atom. The normalized spacial score (nSPS) is 20.1. The van der Waals surface area contributed by atoms with Crippen LogP contribution in [0.25, 0.3) is 0 Å². The predicted molar refractivity (Wildman–Crippen MR) is 57.2 cm³/mol. The molecule has 7 heteroatoms. The smallest absolute Gasteiger partial charge is 0.335 e. The van der Waals surface area contributed by atoms with Gasteiger partial charge in [0.2, 0.25) is 6.20 Å². The molecular weight excluding hydrogens is 232 g/mol. The van der Waals surface area contributed by atoms with Gasteiger partial charge in [0.1, 0.15) is 13.6 Å². The summed E-state index contributed by atoms with van der Waals surface area (Å²) in [6.07, 6.45) is 6.23. The average molecular weight is 249 g/mol. The Balaban J connectivity index is 1.99. The Bertz CT molecular complexity index is 375. The highest BCUT2D eigenvalue weighted by Crippen LogP contribution is 1.88. The zero-order valence-electron chi connectivity index (χ0n) is 9.26. The van der Waals surface area contributed by atoms with Crippen LogP contribution in [0.15, 0.2) is 12.4 Å². The molecule has 0 radical (unpaired) electrons. The molecule has 0 fully saturated rings. The summed E-state index contributed by atoms with van der Waals surface area (Å²) >= 11 is 0. The second kappa shape index (κ2) is 6.09. The van der Waals surface area contributed by atoms with E-state index in [1.54, 1.807) is 0 Å². The molecule has 1 atom stereocenters. The van der Waals surface area contributed by atoms with Crippen LogP contribution in [0.3, 0.4) is 0 Å². The number of hydrogen-bond donors (Lipinski definition) is 1. The lowest BCUT2D eigenvalue weighted by Crippen LogP contribution is -3.06. The maximum absolute atomic E-state index is 10.3. The second-order valence-electron chi connectivity index (χ2n) is 3.66. The summed E-state index contributed by atoms with van der Waals surface area (Å²) in [5.41, 5.74) is 0. The number of nitrogens with zero attached hydrogens (tertiary/aromatic N) is 1. The molecule has 16 heavy (non-hydrogen) atoms. The molecule has 1 aliphatic rings. The molecule has 6 nitrogen and oxygen atoms in total. The van der Waals surface area contributed by atoms with Gasteiger partial charge in [-0.25, -0.2) is 13.3 Å². The zero-order valence-corrected chi connectivity index (χ0v) is 10.1. The predicted octanol–water partition coefficient (Wildman–Crippen LogP) is -2.02. The monoisotopic (exact) mass is 249 g/mol. The lowest BCUT2D eigenvalue weighted by Gasteiger charge is -2.07. The molecule has 1 unspecified atom stereocenters. The Morgan fingerprint density at radius 3 is 2.75 bits per heavy atom.